The van der Waals surface area contributed by atoms with Gasteiger partial charge in [0.1, 0.15) is 6.04 Å². The number of nitrogens with zero attached hydrogens (tertiary/aromatic N) is 1. The van der Waals surface area contributed by atoms with Crippen LogP contribution in [0.15, 0.2) is 0 Å². The van der Waals surface area contributed by atoms with E-state index in [0.717, 1.165) is 12.8 Å². The van der Waals surface area contributed by atoms with Crippen LogP contribution >= 0.6 is 0 Å². The van der Waals surface area contributed by atoms with Crippen molar-refractivity contribution in [1.29, 1.82) is 0 Å². The van der Waals surface area contributed by atoms with Gasteiger partial charge in [0.05, 0.1) is 0 Å². The van der Waals surface area contributed by atoms with E-state index in [4.69, 9.17) is 0 Å². The molecule has 4 heteroatoms. The van der Waals surface area contributed by atoms with Gasteiger partial charge in [-0.2, -0.15) is 13.2 Å². The first-order valence-corrected chi connectivity index (χ1v) is 6.52. The largest absolute Gasteiger partial charge is 0.404 e. The van der Waals surface area contributed by atoms with E-state index < -0.39 is 12.2 Å². The molecule has 1 aliphatic carbocycles. The SMILES string of the molecule is CC(C)CN(CC1CC1)[C@H](C(C)C)C(F)(F)F. The van der Waals surface area contributed by atoms with Gasteiger partial charge in [0, 0.05) is 13.1 Å². The van der Waals surface area contributed by atoms with Crippen LogP contribution in [0.25, 0.3) is 0 Å². The van der Waals surface area contributed by atoms with Gasteiger partial charge in [0.2, 0.25) is 0 Å². The normalized spacial score (nSPS) is 19.4. The molecule has 1 atom stereocenters. The zero-order chi connectivity index (χ0) is 13.2. The molecule has 1 rings (SSSR count). The summed E-state index contributed by atoms with van der Waals surface area (Å²) in [5, 5.41) is 0. The number of rotatable bonds is 6. The summed E-state index contributed by atoms with van der Waals surface area (Å²) in [6, 6.07) is -1.29. The molecule has 0 heterocycles. The summed E-state index contributed by atoms with van der Waals surface area (Å²) >= 11 is 0. The van der Waals surface area contributed by atoms with Gasteiger partial charge in [-0.25, -0.2) is 0 Å². The van der Waals surface area contributed by atoms with Crippen LogP contribution < -0.4 is 0 Å². The molecule has 1 fully saturated rings. The fourth-order valence-corrected chi connectivity index (χ4v) is 2.41. The van der Waals surface area contributed by atoms with Crippen molar-refractivity contribution in [3.63, 3.8) is 0 Å². The van der Waals surface area contributed by atoms with Crippen LogP contribution in [0.2, 0.25) is 0 Å². The third-order valence-corrected chi connectivity index (χ3v) is 3.15. The molecular weight excluding hydrogens is 227 g/mol. The summed E-state index contributed by atoms with van der Waals surface area (Å²) in [6.45, 7) is 8.44. The van der Waals surface area contributed by atoms with Gasteiger partial charge in [-0.3, -0.25) is 4.90 Å². The molecule has 0 amide bonds. The summed E-state index contributed by atoms with van der Waals surface area (Å²) in [5.74, 6) is 0.391. The summed E-state index contributed by atoms with van der Waals surface area (Å²) in [5.41, 5.74) is 0. The maximum atomic E-state index is 13.1. The Labute approximate surface area is 102 Å². The lowest BCUT2D eigenvalue weighted by Crippen LogP contribution is -2.51. The molecule has 1 nitrogen and oxygen atoms in total. The van der Waals surface area contributed by atoms with E-state index in [-0.39, 0.29) is 11.8 Å². The molecule has 17 heavy (non-hydrogen) atoms. The van der Waals surface area contributed by atoms with Crippen molar-refractivity contribution in [2.75, 3.05) is 13.1 Å². The van der Waals surface area contributed by atoms with Gasteiger partial charge >= 0.3 is 6.18 Å². The predicted octanol–water partition coefficient (Wildman–Crippen LogP) is 3.94. The molecule has 0 aromatic heterocycles. The molecule has 0 aromatic rings. The summed E-state index contributed by atoms with van der Waals surface area (Å²) in [4.78, 5) is 1.66. The van der Waals surface area contributed by atoms with Gasteiger partial charge in [-0.05, 0) is 30.6 Å². The van der Waals surface area contributed by atoms with Gasteiger partial charge in [-0.15, -0.1) is 0 Å². The third-order valence-electron chi connectivity index (χ3n) is 3.15. The van der Waals surface area contributed by atoms with E-state index in [1.807, 2.05) is 13.8 Å². The van der Waals surface area contributed by atoms with Crippen LogP contribution in [-0.2, 0) is 0 Å². The van der Waals surface area contributed by atoms with Crippen molar-refractivity contribution in [2.45, 2.75) is 52.8 Å². The number of alkyl halides is 3. The van der Waals surface area contributed by atoms with Gasteiger partial charge in [0.25, 0.3) is 0 Å². The second kappa shape index (κ2) is 5.59. The molecular formula is C13H24F3N. The highest BCUT2D eigenvalue weighted by molar-refractivity contribution is 4.86. The first-order valence-electron chi connectivity index (χ1n) is 6.52. The topological polar surface area (TPSA) is 3.24 Å². The fourth-order valence-electron chi connectivity index (χ4n) is 2.41. The maximum Gasteiger partial charge on any atom is 0.404 e. The van der Waals surface area contributed by atoms with E-state index in [1.165, 1.54) is 0 Å². The summed E-state index contributed by atoms with van der Waals surface area (Å²) in [7, 11) is 0. The predicted molar refractivity (Wildman–Crippen MR) is 63.8 cm³/mol. The van der Waals surface area contributed by atoms with Crippen molar-refractivity contribution >= 4 is 0 Å². The fraction of sp³-hybridized carbons (Fsp3) is 1.00. The highest BCUT2D eigenvalue weighted by Crippen LogP contribution is 2.35. The lowest BCUT2D eigenvalue weighted by Gasteiger charge is -2.36. The Morgan fingerprint density at radius 2 is 1.65 bits per heavy atom. The van der Waals surface area contributed by atoms with Gasteiger partial charge in [0.15, 0.2) is 0 Å². The minimum absolute atomic E-state index is 0.275. The number of hydrogen-bond acceptors (Lipinski definition) is 1. The highest BCUT2D eigenvalue weighted by Gasteiger charge is 2.46. The quantitative estimate of drug-likeness (QED) is 0.691. The monoisotopic (exact) mass is 251 g/mol. The van der Waals surface area contributed by atoms with Crippen LogP contribution in [0.4, 0.5) is 13.2 Å². The third kappa shape index (κ3) is 4.86. The highest BCUT2D eigenvalue weighted by atomic mass is 19.4. The Bertz CT molecular complexity index is 227. The second-order valence-electron chi connectivity index (χ2n) is 6.02. The molecule has 0 bridgehead atoms. The van der Waals surface area contributed by atoms with Crippen molar-refractivity contribution in [1.82, 2.24) is 4.90 Å². The van der Waals surface area contributed by atoms with Crippen LogP contribution in [0.3, 0.4) is 0 Å². The lowest BCUT2D eigenvalue weighted by atomic mass is 10.00. The van der Waals surface area contributed by atoms with E-state index in [0.29, 0.717) is 19.0 Å². The molecule has 0 aromatic carbocycles. The molecule has 102 valence electrons. The second-order valence-corrected chi connectivity index (χ2v) is 6.02. The first kappa shape index (κ1) is 14.8. The van der Waals surface area contributed by atoms with Crippen LogP contribution in [-0.4, -0.2) is 30.2 Å². The van der Waals surface area contributed by atoms with E-state index in [1.54, 1.807) is 18.7 Å². The number of halogens is 3. The number of hydrogen-bond donors (Lipinski definition) is 0. The zero-order valence-electron chi connectivity index (χ0n) is 11.2. The van der Waals surface area contributed by atoms with Crippen molar-refractivity contribution in [3.05, 3.63) is 0 Å². The standard InChI is InChI=1S/C13H24F3N/c1-9(2)7-17(8-11-5-6-11)12(10(3)4)13(14,15)16/h9-12H,5-8H2,1-4H3/t12-/m1/s1. The van der Waals surface area contributed by atoms with Crippen molar-refractivity contribution in [2.24, 2.45) is 17.8 Å². The van der Waals surface area contributed by atoms with Crippen LogP contribution in [0.1, 0.15) is 40.5 Å². The lowest BCUT2D eigenvalue weighted by molar-refractivity contribution is -0.196. The molecule has 0 saturated heterocycles. The molecule has 0 aliphatic heterocycles. The average Bonchev–Trinajstić information content (AvgIpc) is 2.82. The van der Waals surface area contributed by atoms with Crippen LogP contribution in [0.5, 0.6) is 0 Å². The smallest absolute Gasteiger partial charge is 0.292 e. The zero-order valence-corrected chi connectivity index (χ0v) is 11.2. The van der Waals surface area contributed by atoms with Gasteiger partial charge < -0.3 is 0 Å². The molecule has 0 spiro atoms. The van der Waals surface area contributed by atoms with Crippen molar-refractivity contribution < 1.29 is 13.2 Å². The summed E-state index contributed by atoms with van der Waals surface area (Å²) in [6.07, 6.45) is -1.92. The van der Waals surface area contributed by atoms with E-state index in [9.17, 15) is 13.2 Å². The van der Waals surface area contributed by atoms with Crippen LogP contribution in [0, 0.1) is 17.8 Å². The van der Waals surface area contributed by atoms with E-state index in [2.05, 4.69) is 0 Å². The first-order chi connectivity index (χ1) is 7.71. The maximum absolute atomic E-state index is 13.1. The Hall–Kier alpha value is -0.250. The molecule has 1 saturated carbocycles. The Kier molecular flexibility index (Phi) is 4.87. The minimum atomic E-state index is -4.11. The Morgan fingerprint density at radius 1 is 1.12 bits per heavy atom. The van der Waals surface area contributed by atoms with E-state index >= 15 is 0 Å². The molecule has 0 N–H and O–H groups in total. The minimum Gasteiger partial charge on any atom is -0.292 e. The Balaban J connectivity index is 2.74. The summed E-state index contributed by atoms with van der Waals surface area (Å²) < 4.78 is 39.3. The van der Waals surface area contributed by atoms with Gasteiger partial charge in [-0.1, -0.05) is 27.7 Å². The molecule has 0 unspecified atom stereocenters. The molecule has 1 aliphatic rings. The molecule has 0 radical (unpaired) electrons. The van der Waals surface area contributed by atoms with Crippen molar-refractivity contribution in [3.8, 4) is 0 Å². The average molecular weight is 251 g/mol. The Morgan fingerprint density at radius 3 is 1.94 bits per heavy atom.